The second-order valence-corrected chi connectivity index (χ2v) is 26.7. The van der Waals surface area contributed by atoms with Crippen molar-refractivity contribution >= 4 is 39.5 Å². The maximum Gasteiger partial charge on any atom is 0.472 e. The molecule has 0 aromatic heterocycles. The lowest BCUT2D eigenvalue weighted by molar-refractivity contribution is -0.161. The topological polar surface area (TPSA) is 237 Å². The summed E-state index contributed by atoms with van der Waals surface area (Å²) in [5, 5.41) is 10.5. The highest BCUT2D eigenvalue weighted by atomic mass is 31.2. The maximum atomic E-state index is 13.0. The van der Waals surface area contributed by atoms with Crippen LogP contribution >= 0.6 is 15.6 Å². The van der Waals surface area contributed by atoms with Crippen LogP contribution < -0.4 is 0 Å². The fourth-order valence-corrected chi connectivity index (χ4v) is 11.3. The van der Waals surface area contributed by atoms with Crippen LogP contribution in [0.2, 0.25) is 0 Å². The molecular weight excluding hydrogens is 1110 g/mol. The number of esters is 4. The van der Waals surface area contributed by atoms with E-state index >= 15 is 0 Å². The molecule has 0 aliphatic carbocycles. The highest BCUT2D eigenvalue weighted by Gasteiger charge is 2.30. The Bertz CT molecular complexity index is 1640. The zero-order valence-corrected chi connectivity index (χ0v) is 55.8. The van der Waals surface area contributed by atoms with Gasteiger partial charge in [-0.3, -0.25) is 37.3 Å². The first-order chi connectivity index (χ1) is 40.6. The van der Waals surface area contributed by atoms with E-state index < -0.39 is 97.5 Å². The first kappa shape index (κ1) is 82.1. The van der Waals surface area contributed by atoms with E-state index in [1.165, 1.54) is 141 Å². The lowest BCUT2D eigenvalue weighted by Gasteiger charge is -2.21. The Kier molecular flexibility index (Phi) is 57.4. The monoisotopic (exact) mass is 1240 g/mol. The average Bonchev–Trinajstić information content (AvgIpc) is 3.66. The Morgan fingerprint density at radius 2 is 0.571 bits per heavy atom. The number of hydrogen-bond acceptors (Lipinski definition) is 15. The number of aliphatic hydroxyl groups is 1. The number of unbranched alkanes of at least 4 members (excludes halogenated alkanes) is 36. The molecule has 0 aromatic carbocycles. The molecule has 17 nitrogen and oxygen atoms in total. The lowest BCUT2D eigenvalue weighted by Crippen LogP contribution is -2.30. The molecule has 3 N–H and O–H groups in total. The fraction of sp³-hybridized carbons (Fsp3) is 0.938. The van der Waals surface area contributed by atoms with Crippen LogP contribution in [0.4, 0.5) is 0 Å². The molecule has 0 aliphatic heterocycles. The standard InChI is InChI=1S/C65H126O17P2/c1-6-10-13-16-19-21-23-25-27-29-36-41-46-51-65(70)82-61(55-76-63(68)49-44-39-34-31-30-33-37-42-47-58(5)9-4)57-80-84(73,74)78-53-59(66)52-77-83(71,72)79-56-60(54-75-62(67)48-43-38-32-18-15-12-8-3)81-64(69)50-45-40-35-28-26-24-22-20-17-14-11-7-2/h58-61,66H,6-57H2,1-5H3,(H,71,72)(H,73,74)/t58?,59-,60+,61+/m0/s1. The minimum absolute atomic E-state index is 0.107. The van der Waals surface area contributed by atoms with Crippen molar-refractivity contribution < 1.29 is 80.2 Å². The van der Waals surface area contributed by atoms with Crippen LogP contribution in [0.15, 0.2) is 0 Å². The number of aliphatic hydroxyl groups excluding tert-OH is 1. The predicted molar refractivity (Wildman–Crippen MR) is 335 cm³/mol. The summed E-state index contributed by atoms with van der Waals surface area (Å²) in [4.78, 5) is 72.2. The Morgan fingerprint density at radius 1 is 0.333 bits per heavy atom. The quantitative estimate of drug-likeness (QED) is 0.0222. The number of rotatable bonds is 65. The van der Waals surface area contributed by atoms with Crippen molar-refractivity contribution in [3.05, 3.63) is 0 Å². The first-order valence-corrected chi connectivity index (χ1v) is 37.2. The molecule has 84 heavy (non-hydrogen) atoms. The summed E-state index contributed by atoms with van der Waals surface area (Å²) in [6.45, 7) is 7.17. The third kappa shape index (κ3) is 57.8. The summed E-state index contributed by atoms with van der Waals surface area (Å²) in [7, 11) is -9.88. The van der Waals surface area contributed by atoms with Crippen LogP contribution in [0.3, 0.4) is 0 Å². The van der Waals surface area contributed by atoms with Gasteiger partial charge < -0.3 is 33.8 Å². The smallest absolute Gasteiger partial charge is 0.462 e. The molecule has 498 valence electrons. The molecule has 0 saturated heterocycles. The molecule has 0 saturated carbocycles. The van der Waals surface area contributed by atoms with Gasteiger partial charge in [-0.2, -0.15) is 0 Å². The summed E-state index contributed by atoms with van der Waals surface area (Å²) < 4.78 is 68.0. The number of ether oxygens (including phenoxy) is 4. The average molecular weight is 1240 g/mol. The van der Waals surface area contributed by atoms with E-state index in [1.807, 2.05) is 0 Å². The van der Waals surface area contributed by atoms with Gasteiger partial charge in [0.1, 0.15) is 19.3 Å². The summed E-state index contributed by atoms with van der Waals surface area (Å²) >= 11 is 0. The van der Waals surface area contributed by atoms with Crippen molar-refractivity contribution in [2.24, 2.45) is 5.92 Å². The predicted octanol–water partition coefficient (Wildman–Crippen LogP) is 18.2. The molecule has 0 rings (SSSR count). The Balaban J connectivity index is 5.22. The van der Waals surface area contributed by atoms with E-state index in [1.54, 1.807) is 0 Å². The van der Waals surface area contributed by atoms with Crippen molar-refractivity contribution in [1.82, 2.24) is 0 Å². The van der Waals surface area contributed by atoms with E-state index in [0.29, 0.717) is 25.7 Å². The van der Waals surface area contributed by atoms with Crippen LogP contribution in [-0.2, 0) is 65.4 Å². The van der Waals surface area contributed by atoms with Gasteiger partial charge >= 0.3 is 39.5 Å². The van der Waals surface area contributed by atoms with Gasteiger partial charge in [-0.15, -0.1) is 0 Å². The minimum Gasteiger partial charge on any atom is -0.462 e. The normalized spacial score (nSPS) is 14.5. The molecule has 0 bridgehead atoms. The number of hydrogen-bond donors (Lipinski definition) is 3. The number of carbonyl (C=O) groups excluding carboxylic acids is 4. The molecule has 0 amide bonds. The molecule has 19 heteroatoms. The summed E-state index contributed by atoms with van der Waals surface area (Å²) in [5.41, 5.74) is 0. The molecular formula is C65H126O17P2. The Labute approximate surface area is 511 Å². The molecule has 0 radical (unpaired) electrons. The van der Waals surface area contributed by atoms with Crippen LogP contribution in [0.5, 0.6) is 0 Å². The van der Waals surface area contributed by atoms with E-state index in [-0.39, 0.29) is 25.7 Å². The van der Waals surface area contributed by atoms with Gasteiger partial charge in [0, 0.05) is 25.7 Å². The second-order valence-electron chi connectivity index (χ2n) is 23.7. The van der Waals surface area contributed by atoms with E-state index in [9.17, 15) is 43.2 Å². The summed E-state index contributed by atoms with van der Waals surface area (Å²) in [6.07, 6.45) is 43.0. The van der Waals surface area contributed by atoms with Crippen LogP contribution in [0.1, 0.15) is 330 Å². The van der Waals surface area contributed by atoms with Crippen molar-refractivity contribution in [3.63, 3.8) is 0 Å². The molecule has 0 heterocycles. The zero-order chi connectivity index (χ0) is 62.0. The lowest BCUT2D eigenvalue weighted by atomic mass is 9.99. The molecule has 6 atom stereocenters. The highest BCUT2D eigenvalue weighted by molar-refractivity contribution is 7.47. The molecule has 0 aromatic rings. The third-order valence-corrected chi connectivity index (χ3v) is 17.3. The van der Waals surface area contributed by atoms with Gasteiger partial charge in [0.15, 0.2) is 12.2 Å². The van der Waals surface area contributed by atoms with E-state index in [4.69, 9.17) is 37.0 Å². The molecule has 0 spiro atoms. The van der Waals surface area contributed by atoms with Gasteiger partial charge in [-0.1, -0.05) is 279 Å². The van der Waals surface area contributed by atoms with Crippen LogP contribution in [-0.4, -0.2) is 96.7 Å². The number of phosphoric ester groups is 2. The third-order valence-electron chi connectivity index (χ3n) is 15.4. The molecule has 3 unspecified atom stereocenters. The Hall–Kier alpha value is -1.94. The van der Waals surface area contributed by atoms with Gasteiger partial charge in [0.25, 0.3) is 0 Å². The number of carbonyl (C=O) groups is 4. The van der Waals surface area contributed by atoms with Crippen molar-refractivity contribution in [1.29, 1.82) is 0 Å². The van der Waals surface area contributed by atoms with Crippen molar-refractivity contribution in [2.75, 3.05) is 39.6 Å². The van der Waals surface area contributed by atoms with Crippen LogP contribution in [0, 0.1) is 5.92 Å². The van der Waals surface area contributed by atoms with E-state index in [2.05, 4.69) is 34.6 Å². The fourth-order valence-electron chi connectivity index (χ4n) is 9.73. The van der Waals surface area contributed by atoms with Gasteiger partial charge in [-0.05, 0) is 31.6 Å². The van der Waals surface area contributed by atoms with Crippen molar-refractivity contribution in [2.45, 2.75) is 348 Å². The minimum atomic E-state index is -4.94. The largest absolute Gasteiger partial charge is 0.472 e. The van der Waals surface area contributed by atoms with Gasteiger partial charge in [0.2, 0.25) is 0 Å². The van der Waals surface area contributed by atoms with Crippen molar-refractivity contribution in [3.8, 4) is 0 Å². The summed E-state index contributed by atoms with van der Waals surface area (Å²) in [6, 6.07) is 0. The molecule has 0 fully saturated rings. The maximum absolute atomic E-state index is 13.0. The first-order valence-electron chi connectivity index (χ1n) is 34.2. The van der Waals surface area contributed by atoms with Gasteiger partial charge in [0.05, 0.1) is 26.4 Å². The number of phosphoric acid groups is 2. The SMILES string of the molecule is CCCCCCCCCCCCCCCC(=O)O[C@H](COC(=O)CCCCCCCCCCC(C)CC)COP(=O)(O)OC[C@@H](O)COP(=O)(O)OC[C@@H](COC(=O)CCCCCCCCC)OC(=O)CCCCCCCCCCCCCC. The zero-order valence-electron chi connectivity index (χ0n) is 54.0. The second kappa shape index (κ2) is 58.7. The summed E-state index contributed by atoms with van der Waals surface area (Å²) in [5.74, 6) is -1.35. The Morgan fingerprint density at radius 3 is 0.845 bits per heavy atom. The van der Waals surface area contributed by atoms with Crippen LogP contribution in [0.25, 0.3) is 0 Å². The van der Waals surface area contributed by atoms with Gasteiger partial charge in [-0.25, -0.2) is 9.13 Å². The van der Waals surface area contributed by atoms with E-state index in [0.717, 1.165) is 109 Å². The highest BCUT2D eigenvalue weighted by Crippen LogP contribution is 2.45. The molecule has 0 aliphatic rings.